The average molecular weight is 403 g/mol. The molecule has 28 heavy (non-hydrogen) atoms. The number of halogens is 1. The Kier molecular flexibility index (Phi) is 6.44. The van der Waals surface area contributed by atoms with Crippen molar-refractivity contribution in [2.24, 2.45) is 0 Å². The molecule has 1 atom stereocenters. The summed E-state index contributed by atoms with van der Waals surface area (Å²) in [5, 5.41) is 14.2. The molecule has 0 aliphatic rings. The summed E-state index contributed by atoms with van der Waals surface area (Å²) in [4.78, 5) is 14.9. The van der Waals surface area contributed by atoms with Gasteiger partial charge >= 0.3 is 5.97 Å². The molecule has 0 aliphatic heterocycles. The van der Waals surface area contributed by atoms with Crippen molar-refractivity contribution in [2.75, 3.05) is 13.7 Å². The minimum atomic E-state index is -0.908. The molecule has 1 heterocycles. The van der Waals surface area contributed by atoms with Crippen LogP contribution in [0.5, 0.6) is 11.5 Å². The Morgan fingerprint density at radius 2 is 2.11 bits per heavy atom. The smallest absolute Gasteiger partial charge is 0.321 e. The van der Waals surface area contributed by atoms with Crippen LogP contribution >= 0.6 is 11.6 Å². The molecule has 0 amide bonds. The van der Waals surface area contributed by atoms with Crippen LogP contribution in [-0.2, 0) is 17.8 Å². The minimum Gasteiger partial charge on any atom is -0.493 e. The van der Waals surface area contributed by atoms with E-state index in [1.807, 2.05) is 37.4 Å². The highest BCUT2D eigenvalue weighted by Gasteiger charge is 2.20. The Morgan fingerprint density at radius 3 is 2.82 bits per heavy atom. The predicted molar refractivity (Wildman–Crippen MR) is 109 cm³/mol. The van der Waals surface area contributed by atoms with Crippen molar-refractivity contribution in [2.45, 2.75) is 25.9 Å². The van der Waals surface area contributed by atoms with Gasteiger partial charge < -0.3 is 24.9 Å². The fourth-order valence-electron chi connectivity index (χ4n) is 3.17. The summed E-state index contributed by atoms with van der Waals surface area (Å²) < 4.78 is 10.9. The van der Waals surface area contributed by atoms with E-state index in [-0.39, 0.29) is 0 Å². The molecule has 0 aliphatic carbocycles. The van der Waals surface area contributed by atoms with Crippen LogP contribution in [0.15, 0.2) is 42.6 Å². The number of methoxy groups -OCH3 is 1. The lowest BCUT2D eigenvalue weighted by Crippen LogP contribution is -2.38. The van der Waals surface area contributed by atoms with Crippen molar-refractivity contribution in [1.29, 1.82) is 0 Å². The van der Waals surface area contributed by atoms with Crippen LogP contribution in [0.1, 0.15) is 18.1 Å². The fraction of sp³-hybridized carbons (Fsp3) is 0.286. The quantitative estimate of drug-likeness (QED) is 0.503. The van der Waals surface area contributed by atoms with Crippen LogP contribution in [0.3, 0.4) is 0 Å². The number of aromatic nitrogens is 1. The molecule has 0 unspecified atom stereocenters. The van der Waals surface area contributed by atoms with Gasteiger partial charge in [0.2, 0.25) is 0 Å². The monoisotopic (exact) mass is 402 g/mol. The first-order valence-electron chi connectivity index (χ1n) is 9.03. The summed E-state index contributed by atoms with van der Waals surface area (Å²) in [6.07, 6.45) is 2.22. The summed E-state index contributed by atoms with van der Waals surface area (Å²) in [6.45, 7) is 2.68. The van der Waals surface area contributed by atoms with E-state index >= 15 is 0 Å². The molecule has 0 radical (unpaired) electrons. The summed E-state index contributed by atoms with van der Waals surface area (Å²) in [5.41, 5.74) is 2.76. The molecule has 3 N–H and O–H groups in total. The Hall–Kier alpha value is -2.70. The Balaban J connectivity index is 1.75. The zero-order chi connectivity index (χ0) is 20.1. The number of hydrogen-bond donors (Lipinski definition) is 3. The van der Waals surface area contributed by atoms with E-state index in [4.69, 9.17) is 21.1 Å². The zero-order valence-electron chi connectivity index (χ0n) is 15.8. The largest absolute Gasteiger partial charge is 0.493 e. The van der Waals surface area contributed by atoms with Gasteiger partial charge in [-0.2, -0.15) is 0 Å². The zero-order valence-corrected chi connectivity index (χ0v) is 16.5. The maximum Gasteiger partial charge on any atom is 0.321 e. The van der Waals surface area contributed by atoms with Gasteiger partial charge in [0.25, 0.3) is 0 Å². The maximum absolute atomic E-state index is 11.8. The molecule has 7 heteroatoms. The summed E-state index contributed by atoms with van der Waals surface area (Å²) in [7, 11) is 1.54. The summed E-state index contributed by atoms with van der Waals surface area (Å²) in [5.74, 6) is 0.105. The summed E-state index contributed by atoms with van der Waals surface area (Å²) in [6, 6.07) is 10.7. The lowest BCUT2D eigenvalue weighted by molar-refractivity contribution is -0.139. The Bertz CT molecular complexity index is 970. The highest BCUT2D eigenvalue weighted by molar-refractivity contribution is 6.32. The molecule has 1 aromatic heterocycles. The lowest BCUT2D eigenvalue weighted by atomic mass is 10.0. The standard InChI is InChI=1S/C21H23ClN2O4/c1-3-28-20-16(22)8-13(9-19(20)27-2)11-23-18(21(25)26)10-14-12-24-17-7-5-4-6-15(14)17/h4-9,12,18,23-24H,3,10-11H2,1-2H3,(H,25,26)/t18-/m1/s1. The number of rotatable bonds is 9. The van der Waals surface area contributed by atoms with Crippen LogP contribution < -0.4 is 14.8 Å². The van der Waals surface area contributed by atoms with Gasteiger partial charge in [0.05, 0.1) is 18.7 Å². The normalized spacial score (nSPS) is 12.1. The molecule has 148 valence electrons. The number of para-hydroxylation sites is 1. The van der Waals surface area contributed by atoms with Crippen molar-refractivity contribution in [3.8, 4) is 11.5 Å². The third-order valence-electron chi connectivity index (χ3n) is 4.53. The topological polar surface area (TPSA) is 83.6 Å². The molecule has 0 bridgehead atoms. The fourth-order valence-corrected chi connectivity index (χ4v) is 3.46. The van der Waals surface area contributed by atoms with E-state index in [2.05, 4.69) is 10.3 Å². The average Bonchev–Trinajstić information content (AvgIpc) is 3.09. The Labute approximate surface area is 168 Å². The van der Waals surface area contributed by atoms with Gasteiger partial charge in [-0.25, -0.2) is 0 Å². The molecular weight excluding hydrogens is 380 g/mol. The number of carboxylic acids is 1. The van der Waals surface area contributed by atoms with Crippen LogP contribution in [-0.4, -0.2) is 35.8 Å². The second-order valence-corrected chi connectivity index (χ2v) is 6.78. The third kappa shape index (κ3) is 4.40. The molecule has 0 saturated carbocycles. The van der Waals surface area contributed by atoms with Crippen molar-refractivity contribution < 1.29 is 19.4 Å². The first-order valence-corrected chi connectivity index (χ1v) is 9.41. The van der Waals surface area contributed by atoms with E-state index in [1.165, 1.54) is 0 Å². The second-order valence-electron chi connectivity index (χ2n) is 6.38. The molecular formula is C21H23ClN2O4. The number of ether oxygens (including phenoxy) is 2. The number of carboxylic acid groups (broad SMARTS) is 1. The number of nitrogens with one attached hydrogen (secondary N) is 2. The maximum atomic E-state index is 11.8. The van der Waals surface area contributed by atoms with Gasteiger partial charge in [0.15, 0.2) is 11.5 Å². The number of aromatic amines is 1. The molecule has 3 rings (SSSR count). The molecule has 0 spiro atoms. The number of hydrogen-bond acceptors (Lipinski definition) is 4. The second kappa shape index (κ2) is 8.99. The van der Waals surface area contributed by atoms with E-state index in [1.54, 1.807) is 19.2 Å². The first-order chi connectivity index (χ1) is 13.5. The van der Waals surface area contributed by atoms with E-state index in [0.717, 1.165) is 22.0 Å². The Morgan fingerprint density at radius 1 is 1.32 bits per heavy atom. The van der Waals surface area contributed by atoms with E-state index in [9.17, 15) is 9.90 Å². The number of H-pyrrole nitrogens is 1. The van der Waals surface area contributed by atoms with Gasteiger partial charge in [0.1, 0.15) is 6.04 Å². The third-order valence-corrected chi connectivity index (χ3v) is 4.81. The van der Waals surface area contributed by atoms with E-state index in [0.29, 0.717) is 36.1 Å². The van der Waals surface area contributed by atoms with Crippen molar-refractivity contribution in [3.05, 3.63) is 58.7 Å². The molecule has 2 aromatic carbocycles. The van der Waals surface area contributed by atoms with Gasteiger partial charge in [-0.1, -0.05) is 29.8 Å². The van der Waals surface area contributed by atoms with Gasteiger partial charge in [-0.3, -0.25) is 4.79 Å². The first kappa shape index (κ1) is 20.0. The number of carbonyl (C=O) groups is 1. The van der Waals surface area contributed by atoms with Crippen LogP contribution in [0.2, 0.25) is 5.02 Å². The van der Waals surface area contributed by atoms with Gasteiger partial charge in [-0.15, -0.1) is 0 Å². The van der Waals surface area contributed by atoms with Crippen molar-refractivity contribution in [1.82, 2.24) is 10.3 Å². The minimum absolute atomic E-state index is 0.335. The van der Waals surface area contributed by atoms with Crippen LogP contribution in [0.25, 0.3) is 10.9 Å². The van der Waals surface area contributed by atoms with Crippen LogP contribution in [0.4, 0.5) is 0 Å². The van der Waals surface area contributed by atoms with E-state index < -0.39 is 12.0 Å². The van der Waals surface area contributed by atoms with Crippen LogP contribution in [0, 0.1) is 0 Å². The SMILES string of the molecule is CCOc1c(Cl)cc(CN[C@H](Cc2c[nH]c3ccccc23)C(=O)O)cc1OC. The van der Waals surface area contributed by atoms with Gasteiger partial charge in [-0.05, 0) is 36.2 Å². The van der Waals surface area contributed by atoms with Gasteiger partial charge in [0, 0.05) is 30.1 Å². The number of aliphatic carboxylic acids is 1. The number of benzene rings is 2. The predicted octanol–water partition coefficient (Wildman–Crippen LogP) is 4.01. The molecule has 0 saturated heterocycles. The highest BCUT2D eigenvalue weighted by atomic mass is 35.5. The number of fused-ring (bicyclic) bond motifs is 1. The summed E-state index contributed by atoms with van der Waals surface area (Å²) >= 11 is 6.30. The molecule has 6 nitrogen and oxygen atoms in total. The van der Waals surface area contributed by atoms with Crippen molar-refractivity contribution >= 4 is 28.5 Å². The van der Waals surface area contributed by atoms with Crippen molar-refractivity contribution in [3.63, 3.8) is 0 Å². The molecule has 0 fully saturated rings. The molecule has 3 aromatic rings. The lowest BCUT2D eigenvalue weighted by Gasteiger charge is -2.16. The highest BCUT2D eigenvalue weighted by Crippen LogP contribution is 2.36.